The Bertz CT molecular complexity index is 877. The van der Waals surface area contributed by atoms with Gasteiger partial charge >= 0.3 is 0 Å². The zero-order valence-electron chi connectivity index (χ0n) is 12.3. The summed E-state index contributed by atoms with van der Waals surface area (Å²) in [5, 5.41) is 2.23. The highest BCUT2D eigenvalue weighted by molar-refractivity contribution is 6.05. The average molecular weight is 291 g/mol. The number of hydrogen-bond donors (Lipinski definition) is 0. The number of fused-ring (bicyclic) bond motifs is 3. The number of rotatable bonds is 3. The minimum absolute atomic E-state index is 0.210. The van der Waals surface area contributed by atoms with E-state index in [0.717, 1.165) is 34.0 Å². The molecule has 0 spiro atoms. The van der Waals surface area contributed by atoms with Crippen LogP contribution in [-0.4, -0.2) is 17.4 Å². The Labute approximate surface area is 128 Å². The minimum atomic E-state index is 0.210. The zero-order chi connectivity index (χ0) is 15.1. The molecule has 0 N–H and O–H groups in total. The summed E-state index contributed by atoms with van der Waals surface area (Å²) in [6.07, 6.45) is 2.46. The number of carbonyl (C=O) groups is 1. The molecule has 2 heterocycles. The molecule has 110 valence electrons. The maximum absolute atomic E-state index is 12.0. The van der Waals surface area contributed by atoms with Crippen LogP contribution in [0.5, 0.6) is 0 Å². The van der Waals surface area contributed by atoms with Crippen LogP contribution in [0.3, 0.4) is 0 Å². The molecule has 1 atom stereocenters. The molecule has 1 amide bonds. The van der Waals surface area contributed by atoms with Crippen molar-refractivity contribution in [1.82, 2.24) is 4.90 Å². The van der Waals surface area contributed by atoms with Crippen LogP contribution in [0.15, 0.2) is 59.5 Å². The standard InChI is InChI=1S/C19H17NO2/c1-2-13-10-19(21)20(11-13)12-14-7-8-18-16(9-14)15-5-3-4-6-17(15)22-18/h2-9,13H,1,10-12H2. The lowest BCUT2D eigenvalue weighted by molar-refractivity contribution is -0.128. The predicted octanol–water partition coefficient (Wildman–Crippen LogP) is 4.12. The van der Waals surface area contributed by atoms with Crippen molar-refractivity contribution in [2.75, 3.05) is 6.54 Å². The van der Waals surface area contributed by atoms with E-state index in [1.54, 1.807) is 0 Å². The molecule has 1 aliphatic rings. The van der Waals surface area contributed by atoms with E-state index in [1.165, 1.54) is 0 Å². The Morgan fingerprint density at radius 1 is 1.18 bits per heavy atom. The molecule has 1 fully saturated rings. The van der Waals surface area contributed by atoms with Crippen LogP contribution in [0.1, 0.15) is 12.0 Å². The molecule has 1 saturated heterocycles. The first-order valence-electron chi connectivity index (χ1n) is 7.55. The smallest absolute Gasteiger partial charge is 0.223 e. The number of benzene rings is 2. The van der Waals surface area contributed by atoms with Gasteiger partial charge < -0.3 is 9.32 Å². The van der Waals surface area contributed by atoms with Crippen LogP contribution in [0.25, 0.3) is 21.9 Å². The molecule has 3 heteroatoms. The van der Waals surface area contributed by atoms with Crippen molar-refractivity contribution in [2.24, 2.45) is 5.92 Å². The Morgan fingerprint density at radius 3 is 2.82 bits per heavy atom. The Hall–Kier alpha value is -2.55. The minimum Gasteiger partial charge on any atom is -0.456 e. The molecule has 0 radical (unpaired) electrons. The van der Waals surface area contributed by atoms with Gasteiger partial charge in [0.05, 0.1) is 0 Å². The maximum Gasteiger partial charge on any atom is 0.223 e. The summed E-state index contributed by atoms with van der Waals surface area (Å²) in [5.41, 5.74) is 2.93. The van der Waals surface area contributed by atoms with Gasteiger partial charge in [-0.15, -0.1) is 6.58 Å². The van der Waals surface area contributed by atoms with E-state index in [2.05, 4.69) is 18.7 Å². The van der Waals surface area contributed by atoms with Crippen LogP contribution >= 0.6 is 0 Å². The van der Waals surface area contributed by atoms with Crippen molar-refractivity contribution in [3.8, 4) is 0 Å². The van der Waals surface area contributed by atoms with Crippen LogP contribution in [-0.2, 0) is 11.3 Å². The maximum atomic E-state index is 12.0. The quantitative estimate of drug-likeness (QED) is 0.680. The summed E-state index contributed by atoms with van der Waals surface area (Å²) in [6.45, 7) is 5.22. The summed E-state index contributed by atoms with van der Waals surface area (Å²) in [4.78, 5) is 13.9. The number of furan rings is 1. The third kappa shape index (κ3) is 2.10. The number of likely N-dealkylation sites (tertiary alicyclic amines) is 1. The van der Waals surface area contributed by atoms with Gasteiger partial charge in [0.1, 0.15) is 11.2 Å². The SMILES string of the molecule is C=CC1CC(=O)N(Cc2ccc3oc4ccccc4c3c2)C1. The van der Waals surface area contributed by atoms with Gasteiger partial charge in [-0.25, -0.2) is 0 Å². The molecule has 2 aromatic carbocycles. The van der Waals surface area contributed by atoms with Gasteiger partial charge in [0, 0.05) is 36.2 Å². The zero-order valence-corrected chi connectivity index (χ0v) is 12.3. The normalized spacial score (nSPS) is 18.5. The van der Waals surface area contributed by atoms with E-state index in [-0.39, 0.29) is 11.8 Å². The Balaban J connectivity index is 1.69. The van der Waals surface area contributed by atoms with Gasteiger partial charge in [0.2, 0.25) is 5.91 Å². The van der Waals surface area contributed by atoms with Crippen molar-refractivity contribution in [2.45, 2.75) is 13.0 Å². The van der Waals surface area contributed by atoms with Crippen LogP contribution in [0.2, 0.25) is 0 Å². The van der Waals surface area contributed by atoms with E-state index in [4.69, 9.17) is 4.42 Å². The molecule has 0 bridgehead atoms. The fraction of sp³-hybridized carbons (Fsp3) is 0.211. The van der Waals surface area contributed by atoms with Gasteiger partial charge in [-0.05, 0) is 23.8 Å². The fourth-order valence-corrected chi connectivity index (χ4v) is 3.21. The monoisotopic (exact) mass is 291 g/mol. The van der Waals surface area contributed by atoms with Crippen molar-refractivity contribution in [3.63, 3.8) is 0 Å². The molecular formula is C19H17NO2. The van der Waals surface area contributed by atoms with Gasteiger partial charge in [-0.3, -0.25) is 4.79 Å². The molecule has 0 aliphatic carbocycles. The lowest BCUT2D eigenvalue weighted by Gasteiger charge is -2.16. The predicted molar refractivity (Wildman–Crippen MR) is 87.4 cm³/mol. The third-order valence-electron chi connectivity index (χ3n) is 4.39. The molecule has 3 aromatic rings. The van der Waals surface area contributed by atoms with Crippen molar-refractivity contribution in [3.05, 3.63) is 60.7 Å². The number of carbonyl (C=O) groups excluding carboxylic acids is 1. The molecule has 22 heavy (non-hydrogen) atoms. The summed E-state index contributed by atoms with van der Waals surface area (Å²) in [6, 6.07) is 14.2. The molecule has 1 aromatic heterocycles. The van der Waals surface area contributed by atoms with Gasteiger partial charge in [0.25, 0.3) is 0 Å². The van der Waals surface area contributed by atoms with Crippen molar-refractivity contribution >= 4 is 27.8 Å². The fourth-order valence-electron chi connectivity index (χ4n) is 3.21. The second kappa shape index (κ2) is 5.02. The summed E-state index contributed by atoms with van der Waals surface area (Å²) >= 11 is 0. The van der Waals surface area contributed by atoms with Gasteiger partial charge in [0.15, 0.2) is 0 Å². The number of amides is 1. The van der Waals surface area contributed by atoms with E-state index < -0.39 is 0 Å². The number of nitrogens with zero attached hydrogens (tertiary/aromatic N) is 1. The van der Waals surface area contributed by atoms with Gasteiger partial charge in [-0.2, -0.15) is 0 Å². The molecule has 1 aliphatic heterocycles. The second-order valence-electron chi connectivity index (χ2n) is 5.90. The highest BCUT2D eigenvalue weighted by Gasteiger charge is 2.27. The van der Waals surface area contributed by atoms with E-state index >= 15 is 0 Å². The van der Waals surface area contributed by atoms with E-state index in [9.17, 15) is 4.79 Å². The third-order valence-corrected chi connectivity index (χ3v) is 4.39. The van der Waals surface area contributed by atoms with Crippen LogP contribution in [0.4, 0.5) is 0 Å². The summed E-state index contributed by atoms with van der Waals surface area (Å²) < 4.78 is 5.84. The Kier molecular flexibility index (Phi) is 3.00. The highest BCUT2D eigenvalue weighted by Crippen LogP contribution is 2.30. The first kappa shape index (κ1) is 13.1. The second-order valence-corrected chi connectivity index (χ2v) is 5.90. The topological polar surface area (TPSA) is 33.5 Å². The molecule has 3 nitrogen and oxygen atoms in total. The molecule has 4 rings (SSSR count). The molecular weight excluding hydrogens is 274 g/mol. The summed E-state index contributed by atoms with van der Waals surface area (Å²) in [5.74, 6) is 0.494. The van der Waals surface area contributed by atoms with E-state index in [0.29, 0.717) is 13.0 Å². The summed E-state index contributed by atoms with van der Waals surface area (Å²) in [7, 11) is 0. The van der Waals surface area contributed by atoms with Gasteiger partial charge in [-0.1, -0.05) is 30.3 Å². The molecule has 0 saturated carbocycles. The van der Waals surface area contributed by atoms with Crippen LogP contribution < -0.4 is 0 Å². The van der Waals surface area contributed by atoms with E-state index in [1.807, 2.05) is 41.3 Å². The molecule has 1 unspecified atom stereocenters. The Morgan fingerprint density at radius 2 is 2.00 bits per heavy atom. The highest BCUT2D eigenvalue weighted by atomic mass is 16.3. The largest absolute Gasteiger partial charge is 0.456 e. The first-order chi connectivity index (χ1) is 10.7. The average Bonchev–Trinajstić information content (AvgIpc) is 3.08. The van der Waals surface area contributed by atoms with Crippen molar-refractivity contribution < 1.29 is 9.21 Å². The number of hydrogen-bond acceptors (Lipinski definition) is 2. The number of para-hydroxylation sites is 1. The lowest BCUT2D eigenvalue weighted by Crippen LogP contribution is -2.24. The lowest BCUT2D eigenvalue weighted by atomic mass is 10.1. The van der Waals surface area contributed by atoms with Crippen molar-refractivity contribution in [1.29, 1.82) is 0 Å². The van der Waals surface area contributed by atoms with Crippen LogP contribution in [0, 0.1) is 5.92 Å². The first-order valence-corrected chi connectivity index (χ1v) is 7.55.